The first-order valence-corrected chi connectivity index (χ1v) is 8.23. The van der Waals surface area contributed by atoms with E-state index in [1.54, 1.807) is 11.3 Å². The number of benzene rings is 1. The van der Waals surface area contributed by atoms with Crippen LogP contribution < -0.4 is 0 Å². The van der Waals surface area contributed by atoms with E-state index in [4.69, 9.17) is 0 Å². The van der Waals surface area contributed by atoms with Crippen molar-refractivity contribution >= 4 is 55.2 Å². The summed E-state index contributed by atoms with van der Waals surface area (Å²) in [4.78, 5) is 10.2. The van der Waals surface area contributed by atoms with Gasteiger partial charge in [-0.2, -0.15) is 0 Å². The van der Waals surface area contributed by atoms with Gasteiger partial charge in [-0.15, -0.1) is 11.3 Å². The first-order chi connectivity index (χ1) is 9.20. The molecule has 1 unspecified atom stereocenters. The van der Waals surface area contributed by atoms with E-state index in [-0.39, 0.29) is 6.04 Å². The average molecular weight is 398 g/mol. The second-order valence-corrected chi connectivity index (χ2v) is 7.61. The van der Waals surface area contributed by atoms with Gasteiger partial charge in [-0.3, -0.25) is 4.99 Å². The molecule has 2 nitrogen and oxygen atoms in total. The highest BCUT2D eigenvalue weighted by Gasteiger charge is 2.15. The lowest BCUT2D eigenvalue weighted by atomic mass is 10.1. The number of aliphatic imine (C=N–C) groups is 2. The van der Waals surface area contributed by atoms with Gasteiger partial charge in [0.2, 0.25) is 0 Å². The van der Waals surface area contributed by atoms with Gasteiger partial charge in [0.1, 0.15) is 0 Å². The highest BCUT2D eigenvalue weighted by atomic mass is 79.9. The fourth-order valence-corrected chi connectivity index (χ4v) is 3.50. The zero-order valence-electron chi connectivity index (χ0n) is 9.88. The third-order valence-corrected chi connectivity index (χ3v) is 4.96. The van der Waals surface area contributed by atoms with E-state index in [2.05, 4.69) is 66.1 Å². The quantitative estimate of drug-likeness (QED) is 0.716. The Morgan fingerprint density at radius 3 is 2.53 bits per heavy atom. The molecule has 1 aliphatic heterocycles. The highest BCUT2D eigenvalue weighted by Crippen LogP contribution is 2.24. The SMILES string of the molecule is Brc1ccc(CC2C=NC(c3ccc(Br)s3)=N2)cc1. The summed E-state index contributed by atoms with van der Waals surface area (Å²) >= 11 is 8.57. The van der Waals surface area contributed by atoms with Crippen LogP contribution >= 0.6 is 43.2 Å². The molecular weight excluding hydrogens is 388 g/mol. The van der Waals surface area contributed by atoms with Gasteiger partial charge < -0.3 is 0 Å². The third kappa shape index (κ3) is 3.22. The van der Waals surface area contributed by atoms with Crippen LogP contribution in [0.3, 0.4) is 0 Å². The lowest BCUT2D eigenvalue weighted by Crippen LogP contribution is -2.07. The molecule has 3 rings (SSSR count). The molecule has 96 valence electrons. The maximum Gasteiger partial charge on any atom is 0.165 e. The third-order valence-electron chi connectivity index (χ3n) is 2.81. The molecule has 1 aromatic carbocycles. The Kier molecular flexibility index (Phi) is 3.96. The number of hydrogen-bond acceptors (Lipinski definition) is 3. The molecule has 19 heavy (non-hydrogen) atoms. The second kappa shape index (κ2) is 5.69. The molecule has 2 aromatic rings. The molecule has 1 atom stereocenters. The predicted molar refractivity (Wildman–Crippen MR) is 88.7 cm³/mol. The molecule has 0 amide bonds. The van der Waals surface area contributed by atoms with Crippen LogP contribution in [-0.4, -0.2) is 18.1 Å². The normalized spacial score (nSPS) is 17.8. The van der Waals surface area contributed by atoms with E-state index < -0.39 is 0 Å². The minimum Gasteiger partial charge on any atom is -0.256 e. The highest BCUT2D eigenvalue weighted by molar-refractivity contribution is 9.11. The van der Waals surface area contributed by atoms with Crippen LogP contribution in [0.1, 0.15) is 10.4 Å². The van der Waals surface area contributed by atoms with Crippen LogP contribution in [0.2, 0.25) is 0 Å². The molecule has 0 N–H and O–H groups in total. The number of halogens is 2. The van der Waals surface area contributed by atoms with Gasteiger partial charge in [-0.25, -0.2) is 4.99 Å². The zero-order chi connectivity index (χ0) is 13.2. The molecule has 0 aliphatic carbocycles. The van der Waals surface area contributed by atoms with E-state index >= 15 is 0 Å². The maximum atomic E-state index is 4.66. The van der Waals surface area contributed by atoms with Crippen molar-refractivity contribution in [2.24, 2.45) is 9.98 Å². The van der Waals surface area contributed by atoms with Crippen molar-refractivity contribution in [1.29, 1.82) is 0 Å². The molecular formula is C14H10Br2N2S. The lowest BCUT2D eigenvalue weighted by molar-refractivity contribution is 0.880. The largest absolute Gasteiger partial charge is 0.256 e. The van der Waals surface area contributed by atoms with Gasteiger partial charge in [0.05, 0.1) is 14.7 Å². The Bertz CT molecular complexity index is 644. The summed E-state index contributed by atoms with van der Waals surface area (Å²) in [5, 5.41) is 0. The van der Waals surface area contributed by atoms with Gasteiger partial charge in [0.25, 0.3) is 0 Å². The zero-order valence-corrected chi connectivity index (χ0v) is 13.9. The van der Waals surface area contributed by atoms with Crippen LogP contribution in [0.15, 0.2) is 54.6 Å². The molecule has 5 heteroatoms. The van der Waals surface area contributed by atoms with Crippen molar-refractivity contribution in [3.63, 3.8) is 0 Å². The van der Waals surface area contributed by atoms with E-state index in [1.807, 2.05) is 18.3 Å². The van der Waals surface area contributed by atoms with Gasteiger partial charge in [0, 0.05) is 10.7 Å². The van der Waals surface area contributed by atoms with E-state index in [0.29, 0.717) is 0 Å². The molecule has 0 bridgehead atoms. The van der Waals surface area contributed by atoms with Crippen molar-refractivity contribution < 1.29 is 0 Å². The number of thiophene rings is 1. The number of nitrogens with zero attached hydrogens (tertiary/aromatic N) is 2. The fourth-order valence-electron chi connectivity index (χ4n) is 1.90. The minimum absolute atomic E-state index is 0.150. The maximum absolute atomic E-state index is 4.66. The van der Waals surface area contributed by atoms with Gasteiger partial charge in [0.15, 0.2) is 5.84 Å². The number of rotatable bonds is 3. The Hall–Kier alpha value is -0.780. The molecule has 0 saturated heterocycles. The van der Waals surface area contributed by atoms with Crippen LogP contribution in [-0.2, 0) is 6.42 Å². The summed E-state index contributed by atoms with van der Waals surface area (Å²) in [5.74, 6) is 0.845. The van der Waals surface area contributed by atoms with Gasteiger partial charge in [-0.1, -0.05) is 28.1 Å². The molecule has 1 aliphatic rings. The Labute approximate surface area is 132 Å². The van der Waals surface area contributed by atoms with E-state index in [9.17, 15) is 0 Å². The molecule has 2 heterocycles. The van der Waals surface area contributed by atoms with Crippen molar-refractivity contribution in [2.45, 2.75) is 12.5 Å². The van der Waals surface area contributed by atoms with E-state index in [1.165, 1.54) is 5.56 Å². The summed E-state index contributed by atoms with van der Waals surface area (Å²) in [5.41, 5.74) is 1.28. The van der Waals surface area contributed by atoms with Crippen molar-refractivity contribution in [2.75, 3.05) is 0 Å². The first kappa shape index (κ1) is 13.2. The summed E-state index contributed by atoms with van der Waals surface area (Å²) in [6.45, 7) is 0. The van der Waals surface area contributed by atoms with Crippen molar-refractivity contribution in [3.05, 3.63) is 55.1 Å². The van der Waals surface area contributed by atoms with Gasteiger partial charge in [-0.05, 0) is 52.2 Å². The molecule has 1 aromatic heterocycles. The Balaban J connectivity index is 1.73. The standard InChI is InChI=1S/C14H10Br2N2S/c15-10-3-1-9(2-4-10)7-11-8-17-14(18-11)12-5-6-13(16)19-12/h1-6,8,11H,7H2. The van der Waals surface area contributed by atoms with Crippen LogP contribution in [0.25, 0.3) is 0 Å². The molecule has 0 saturated carbocycles. The number of hydrogen-bond donors (Lipinski definition) is 0. The van der Waals surface area contributed by atoms with Crippen molar-refractivity contribution in [1.82, 2.24) is 0 Å². The minimum atomic E-state index is 0.150. The smallest absolute Gasteiger partial charge is 0.165 e. The first-order valence-electron chi connectivity index (χ1n) is 5.83. The van der Waals surface area contributed by atoms with Crippen LogP contribution in [0.5, 0.6) is 0 Å². The van der Waals surface area contributed by atoms with Crippen LogP contribution in [0, 0.1) is 0 Å². The van der Waals surface area contributed by atoms with Gasteiger partial charge >= 0.3 is 0 Å². The lowest BCUT2D eigenvalue weighted by Gasteiger charge is -2.03. The Morgan fingerprint density at radius 2 is 1.84 bits per heavy atom. The summed E-state index contributed by atoms with van der Waals surface area (Å²) < 4.78 is 2.21. The molecule has 0 radical (unpaired) electrons. The molecule has 0 fully saturated rings. The summed E-state index contributed by atoms with van der Waals surface area (Å²) in [7, 11) is 0. The van der Waals surface area contributed by atoms with E-state index in [0.717, 1.165) is 25.4 Å². The number of amidine groups is 1. The predicted octanol–water partition coefficient (Wildman–Crippen LogP) is 4.72. The summed E-state index contributed by atoms with van der Waals surface area (Å²) in [6.07, 6.45) is 2.83. The monoisotopic (exact) mass is 396 g/mol. The second-order valence-electron chi connectivity index (χ2n) is 4.23. The fraction of sp³-hybridized carbons (Fsp3) is 0.143. The van der Waals surface area contributed by atoms with Crippen molar-refractivity contribution in [3.8, 4) is 0 Å². The Morgan fingerprint density at radius 1 is 1.05 bits per heavy atom. The van der Waals surface area contributed by atoms with Crippen LogP contribution in [0.4, 0.5) is 0 Å². The summed E-state index contributed by atoms with van der Waals surface area (Å²) in [6, 6.07) is 12.6. The molecule has 0 spiro atoms. The average Bonchev–Trinajstić information content (AvgIpc) is 3.01. The topological polar surface area (TPSA) is 24.7 Å².